The van der Waals surface area contributed by atoms with Gasteiger partial charge in [0.15, 0.2) is 0 Å². The highest BCUT2D eigenvalue weighted by Gasteiger charge is 2.31. The molecule has 5 heteroatoms. The van der Waals surface area contributed by atoms with E-state index in [0.717, 1.165) is 25.2 Å². The van der Waals surface area contributed by atoms with Crippen molar-refractivity contribution >= 4 is 12.0 Å². The molecule has 2 saturated carbocycles. The Morgan fingerprint density at radius 1 is 1.00 bits per heavy atom. The van der Waals surface area contributed by atoms with Gasteiger partial charge in [0.2, 0.25) is 0 Å². The molecule has 0 radical (unpaired) electrons. The van der Waals surface area contributed by atoms with Crippen molar-refractivity contribution in [3.63, 3.8) is 0 Å². The number of carbonyl (C=O) groups excluding carboxylic acids is 1. The van der Waals surface area contributed by atoms with E-state index < -0.39 is 5.97 Å². The summed E-state index contributed by atoms with van der Waals surface area (Å²) >= 11 is 0. The molecular weight excluding hydrogens is 268 g/mol. The molecule has 2 rings (SSSR count). The van der Waals surface area contributed by atoms with Crippen LogP contribution in [0.5, 0.6) is 0 Å². The molecule has 0 aromatic carbocycles. The molecule has 0 saturated heterocycles. The second-order valence-corrected chi connectivity index (χ2v) is 6.67. The van der Waals surface area contributed by atoms with Crippen molar-refractivity contribution in [1.29, 1.82) is 0 Å². The Morgan fingerprint density at radius 2 is 1.62 bits per heavy atom. The van der Waals surface area contributed by atoms with Gasteiger partial charge in [0.1, 0.15) is 0 Å². The summed E-state index contributed by atoms with van der Waals surface area (Å²) in [5.74, 6) is -0.198. The maximum Gasteiger partial charge on any atom is 0.315 e. The van der Waals surface area contributed by atoms with Gasteiger partial charge in [-0.1, -0.05) is 19.8 Å². The second kappa shape index (κ2) is 7.66. The van der Waals surface area contributed by atoms with Gasteiger partial charge in [-0.3, -0.25) is 4.79 Å². The molecule has 0 aliphatic heterocycles. The lowest BCUT2D eigenvalue weighted by Crippen LogP contribution is -2.46. The summed E-state index contributed by atoms with van der Waals surface area (Å²) in [6.45, 7) is 2.23. The van der Waals surface area contributed by atoms with Gasteiger partial charge in [0.25, 0.3) is 0 Å². The van der Waals surface area contributed by atoms with Gasteiger partial charge in [-0.2, -0.15) is 0 Å². The number of nitrogens with one attached hydrogen (secondary N) is 2. The van der Waals surface area contributed by atoms with Crippen LogP contribution in [0.2, 0.25) is 0 Å². The molecule has 2 unspecified atom stereocenters. The molecule has 2 aliphatic rings. The number of urea groups is 1. The summed E-state index contributed by atoms with van der Waals surface area (Å²) in [5.41, 5.74) is 0. The lowest BCUT2D eigenvalue weighted by atomic mass is 9.83. The third-order valence-corrected chi connectivity index (χ3v) is 5.00. The highest BCUT2D eigenvalue weighted by molar-refractivity contribution is 5.75. The first-order valence-electron chi connectivity index (χ1n) is 8.38. The minimum Gasteiger partial charge on any atom is -0.481 e. The first kappa shape index (κ1) is 16.1. The largest absolute Gasteiger partial charge is 0.481 e. The number of hydrogen-bond donors (Lipinski definition) is 3. The maximum atomic E-state index is 12.0. The molecule has 2 amide bonds. The zero-order chi connectivity index (χ0) is 15.2. The van der Waals surface area contributed by atoms with Gasteiger partial charge in [0.05, 0.1) is 5.92 Å². The van der Waals surface area contributed by atoms with Crippen molar-refractivity contribution in [2.75, 3.05) is 0 Å². The quantitative estimate of drug-likeness (QED) is 0.730. The zero-order valence-electron chi connectivity index (χ0n) is 12.9. The van der Waals surface area contributed by atoms with Gasteiger partial charge in [0, 0.05) is 12.1 Å². The summed E-state index contributed by atoms with van der Waals surface area (Å²) in [6, 6.07) is 0.183. The monoisotopic (exact) mass is 296 g/mol. The topological polar surface area (TPSA) is 78.4 Å². The molecule has 0 aromatic heterocycles. The van der Waals surface area contributed by atoms with Crippen LogP contribution in [-0.4, -0.2) is 29.2 Å². The lowest BCUT2D eigenvalue weighted by Gasteiger charge is -2.29. The fourth-order valence-corrected chi connectivity index (χ4v) is 3.75. The molecule has 0 heterocycles. The average molecular weight is 296 g/mol. The SMILES string of the molecule is CCCC1CCC(NC(=O)NC2CCC(C(=O)O)C2)CC1. The van der Waals surface area contributed by atoms with Gasteiger partial charge >= 0.3 is 12.0 Å². The van der Waals surface area contributed by atoms with E-state index in [1.165, 1.54) is 25.7 Å². The van der Waals surface area contributed by atoms with Crippen LogP contribution < -0.4 is 10.6 Å². The van der Waals surface area contributed by atoms with Crippen LogP contribution in [0.1, 0.15) is 64.7 Å². The highest BCUT2D eigenvalue weighted by atomic mass is 16.4. The minimum absolute atomic E-state index is 0.0162. The van der Waals surface area contributed by atoms with Crippen LogP contribution in [-0.2, 0) is 4.79 Å². The van der Waals surface area contributed by atoms with E-state index in [-0.39, 0.29) is 24.0 Å². The van der Waals surface area contributed by atoms with E-state index in [4.69, 9.17) is 5.11 Å². The third kappa shape index (κ3) is 4.90. The van der Waals surface area contributed by atoms with Crippen LogP contribution in [0.3, 0.4) is 0 Å². The molecule has 5 nitrogen and oxygen atoms in total. The maximum absolute atomic E-state index is 12.0. The van der Waals surface area contributed by atoms with E-state index in [1.54, 1.807) is 0 Å². The molecule has 0 aromatic rings. The molecule has 0 bridgehead atoms. The zero-order valence-corrected chi connectivity index (χ0v) is 12.9. The molecule has 0 spiro atoms. The Bertz CT molecular complexity index is 365. The Hall–Kier alpha value is -1.26. The van der Waals surface area contributed by atoms with E-state index in [2.05, 4.69) is 17.6 Å². The van der Waals surface area contributed by atoms with Crippen LogP contribution in [0, 0.1) is 11.8 Å². The van der Waals surface area contributed by atoms with Crippen LogP contribution in [0.4, 0.5) is 4.79 Å². The predicted octanol–water partition coefficient (Wildman–Crippen LogP) is 2.90. The van der Waals surface area contributed by atoms with E-state index in [9.17, 15) is 9.59 Å². The summed E-state index contributed by atoms with van der Waals surface area (Å²) < 4.78 is 0. The van der Waals surface area contributed by atoms with Crippen LogP contribution in [0.25, 0.3) is 0 Å². The van der Waals surface area contributed by atoms with E-state index >= 15 is 0 Å². The molecule has 21 heavy (non-hydrogen) atoms. The number of aliphatic carboxylic acids is 1. The molecule has 2 fully saturated rings. The lowest BCUT2D eigenvalue weighted by molar-refractivity contribution is -0.141. The highest BCUT2D eigenvalue weighted by Crippen LogP contribution is 2.28. The normalized spacial score (nSPS) is 32.6. The van der Waals surface area contributed by atoms with E-state index in [1.807, 2.05) is 0 Å². The minimum atomic E-state index is -0.742. The third-order valence-electron chi connectivity index (χ3n) is 5.00. The first-order chi connectivity index (χ1) is 10.1. The Kier molecular flexibility index (Phi) is 5.88. The average Bonchev–Trinajstić information content (AvgIpc) is 2.90. The molecule has 120 valence electrons. The standard InChI is InChI=1S/C16H28N2O3/c1-2-3-11-4-7-13(8-5-11)17-16(21)18-14-9-6-12(10-14)15(19)20/h11-14H,2-10H2,1H3,(H,19,20)(H2,17,18,21). The van der Waals surface area contributed by atoms with Crippen molar-refractivity contribution in [2.24, 2.45) is 11.8 Å². The first-order valence-corrected chi connectivity index (χ1v) is 8.38. The van der Waals surface area contributed by atoms with Gasteiger partial charge in [-0.05, 0) is 50.9 Å². The van der Waals surface area contributed by atoms with Crippen molar-refractivity contribution in [2.45, 2.75) is 76.8 Å². The molecule has 2 atom stereocenters. The Balaban J connectivity index is 1.65. The van der Waals surface area contributed by atoms with Crippen molar-refractivity contribution in [3.8, 4) is 0 Å². The Labute approximate surface area is 126 Å². The van der Waals surface area contributed by atoms with Gasteiger partial charge in [-0.15, -0.1) is 0 Å². The smallest absolute Gasteiger partial charge is 0.315 e. The van der Waals surface area contributed by atoms with Crippen molar-refractivity contribution < 1.29 is 14.7 Å². The summed E-state index contributed by atoms with van der Waals surface area (Å²) in [4.78, 5) is 22.9. The van der Waals surface area contributed by atoms with Crippen molar-refractivity contribution in [1.82, 2.24) is 10.6 Å². The molecule has 2 aliphatic carbocycles. The summed E-state index contributed by atoms with van der Waals surface area (Å²) in [6.07, 6.45) is 9.11. The second-order valence-electron chi connectivity index (χ2n) is 6.67. The number of carbonyl (C=O) groups is 2. The van der Waals surface area contributed by atoms with Crippen molar-refractivity contribution in [3.05, 3.63) is 0 Å². The predicted molar refractivity (Wildman–Crippen MR) is 81.1 cm³/mol. The molecular formula is C16H28N2O3. The Morgan fingerprint density at radius 3 is 2.19 bits per heavy atom. The summed E-state index contributed by atoms with van der Waals surface area (Å²) in [7, 11) is 0. The number of amides is 2. The van der Waals surface area contributed by atoms with Gasteiger partial charge in [-0.25, -0.2) is 4.79 Å². The number of carboxylic acids is 1. The van der Waals surface area contributed by atoms with Gasteiger partial charge < -0.3 is 15.7 Å². The number of hydrogen-bond acceptors (Lipinski definition) is 2. The number of carboxylic acid groups (broad SMARTS) is 1. The molecule has 3 N–H and O–H groups in total. The number of rotatable bonds is 5. The van der Waals surface area contributed by atoms with Crippen LogP contribution in [0.15, 0.2) is 0 Å². The van der Waals surface area contributed by atoms with Crippen LogP contribution >= 0.6 is 0 Å². The fraction of sp³-hybridized carbons (Fsp3) is 0.875. The van der Waals surface area contributed by atoms with E-state index in [0.29, 0.717) is 12.8 Å². The fourth-order valence-electron chi connectivity index (χ4n) is 3.75. The summed E-state index contributed by atoms with van der Waals surface area (Å²) in [5, 5.41) is 15.0.